The molecule has 1 aromatic heterocycles. The molecule has 90 valence electrons. The van der Waals surface area contributed by atoms with Gasteiger partial charge in [-0.2, -0.15) is 0 Å². The Hall–Kier alpha value is -0.800. The van der Waals surface area contributed by atoms with E-state index in [1.165, 1.54) is 0 Å². The molecule has 1 heterocycles. The summed E-state index contributed by atoms with van der Waals surface area (Å²) >= 11 is 0. The quantitative estimate of drug-likeness (QED) is 0.803. The molecule has 0 aliphatic heterocycles. The van der Waals surface area contributed by atoms with Gasteiger partial charge in [-0.1, -0.05) is 6.92 Å². The third kappa shape index (κ3) is 3.09. The van der Waals surface area contributed by atoms with Crippen molar-refractivity contribution < 1.29 is 9.52 Å². The third-order valence-corrected chi connectivity index (χ3v) is 3.31. The van der Waals surface area contributed by atoms with Crippen molar-refractivity contribution in [2.24, 2.45) is 5.92 Å². The first kappa shape index (κ1) is 11.7. The van der Waals surface area contributed by atoms with Crippen LogP contribution in [0.25, 0.3) is 0 Å². The van der Waals surface area contributed by atoms with Crippen molar-refractivity contribution in [3.8, 4) is 0 Å². The van der Waals surface area contributed by atoms with E-state index >= 15 is 0 Å². The van der Waals surface area contributed by atoms with Gasteiger partial charge in [0.25, 0.3) is 0 Å². The minimum Gasteiger partial charge on any atom is -0.465 e. The van der Waals surface area contributed by atoms with Crippen LogP contribution in [0.3, 0.4) is 0 Å². The molecule has 3 heteroatoms. The molecule has 1 aliphatic rings. The van der Waals surface area contributed by atoms with E-state index in [1.807, 2.05) is 12.1 Å². The molecule has 0 amide bonds. The summed E-state index contributed by atoms with van der Waals surface area (Å²) < 4.78 is 5.61. The number of nitrogens with one attached hydrogen (secondary N) is 1. The van der Waals surface area contributed by atoms with Crippen LogP contribution in [0.2, 0.25) is 0 Å². The fourth-order valence-corrected chi connectivity index (χ4v) is 2.34. The summed E-state index contributed by atoms with van der Waals surface area (Å²) in [5.74, 6) is 2.69. The van der Waals surface area contributed by atoms with Crippen molar-refractivity contribution in [1.29, 1.82) is 0 Å². The molecule has 2 unspecified atom stereocenters. The van der Waals surface area contributed by atoms with Crippen LogP contribution in [-0.4, -0.2) is 17.8 Å². The molecule has 0 aromatic carbocycles. The predicted octanol–water partition coefficient (Wildman–Crippen LogP) is 2.09. The van der Waals surface area contributed by atoms with E-state index in [-0.39, 0.29) is 6.10 Å². The molecule has 1 saturated carbocycles. The Labute approximate surface area is 96.8 Å². The van der Waals surface area contributed by atoms with E-state index in [0.717, 1.165) is 50.3 Å². The number of rotatable bonds is 5. The Morgan fingerprint density at radius 2 is 2.19 bits per heavy atom. The third-order valence-electron chi connectivity index (χ3n) is 3.31. The van der Waals surface area contributed by atoms with Crippen LogP contribution >= 0.6 is 0 Å². The lowest BCUT2D eigenvalue weighted by atomic mass is 10.1. The smallest absolute Gasteiger partial charge is 0.117 e. The highest BCUT2D eigenvalue weighted by atomic mass is 16.3. The van der Waals surface area contributed by atoms with Crippen molar-refractivity contribution in [1.82, 2.24) is 5.32 Å². The second-order valence-corrected chi connectivity index (χ2v) is 4.69. The summed E-state index contributed by atoms with van der Waals surface area (Å²) in [6, 6.07) is 4.08. The van der Waals surface area contributed by atoms with Gasteiger partial charge in [0.15, 0.2) is 0 Å². The Bertz CT molecular complexity index is 321. The van der Waals surface area contributed by atoms with Gasteiger partial charge in [0.2, 0.25) is 0 Å². The molecule has 0 saturated heterocycles. The summed E-state index contributed by atoms with van der Waals surface area (Å²) in [5.41, 5.74) is 0. The van der Waals surface area contributed by atoms with E-state index in [0.29, 0.717) is 5.92 Å². The highest BCUT2D eigenvalue weighted by Gasteiger charge is 2.22. The van der Waals surface area contributed by atoms with E-state index < -0.39 is 0 Å². The average molecular weight is 223 g/mol. The Morgan fingerprint density at radius 1 is 1.38 bits per heavy atom. The van der Waals surface area contributed by atoms with Crippen LogP contribution in [0.4, 0.5) is 0 Å². The van der Waals surface area contributed by atoms with Crippen molar-refractivity contribution in [3.05, 3.63) is 23.7 Å². The van der Waals surface area contributed by atoms with Gasteiger partial charge < -0.3 is 14.8 Å². The van der Waals surface area contributed by atoms with Gasteiger partial charge >= 0.3 is 0 Å². The Kier molecular flexibility index (Phi) is 4.02. The molecule has 16 heavy (non-hydrogen) atoms. The molecule has 0 radical (unpaired) electrons. The minimum absolute atomic E-state index is 0.0675. The van der Waals surface area contributed by atoms with Gasteiger partial charge in [0.1, 0.15) is 11.5 Å². The highest BCUT2D eigenvalue weighted by molar-refractivity contribution is 5.06. The number of furan rings is 1. The zero-order valence-electron chi connectivity index (χ0n) is 9.91. The number of aliphatic hydroxyl groups is 1. The zero-order chi connectivity index (χ0) is 11.4. The first-order valence-electron chi connectivity index (χ1n) is 6.24. The predicted molar refractivity (Wildman–Crippen MR) is 63.1 cm³/mol. The maximum absolute atomic E-state index is 9.40. The van der Waals surface area contributed by atoms with E-state index in [4.69, 9.17) is 4.42 Å². The molecule has 1 aliphatic carbocycles. The maximum Gasteiger partial charge on any atom is 0.117 e. The van der Waals surface area contributed by atoms with Crippen molar-refractivity contribution in [3.63, 3.8) is 0 Å². The summed E-state index contributed by atoms with van der Waals surface area (Å²) in [5, 5.41) is 12.8. The lowest BCUT2D eigenvalue weighted by molar-refractivity contribution is 0.177. The normalized spacial score (nSPS) is 25.1. The fourth-order valence-electron chi connectivity index (χ4n) is 2.34. The van der Waals surface area contributed by atoms with Crippen LogP contribution in [0.1, 0.15) is 37.7 Å². The zero-order valence-corrected chi connectivity index (χ0v) is 9.91. The molecule has 2 N–H and O–H groups in total. The van der Waals surface area contributed by atoms with Crippen LogP contribution in [-0.2, 0) is 13.0 Å². The first-order valence-corrected chi connectivity index (χ1v) is 6.24. The van der Waals surface area contributed by atoms with Gasteiger partial charge in [0.05, 0.1) is 12.6 Å². The number of hydrogen-bond acceptors (Lipinski definition) is 3. The highest BCUT2D eigenvalue weighted by Crippen LogP contribution is 2.24. The lowest BCUT2D eigenvalue weighted by Crippen LogP contribution is -2.21. The Morgan fingerprint density at radius 3 is 2.81 bits per heavy atom. The SMILES string of the molecule is CCc1ccc(CNCC2CCC(O)C2)o1. The molecular formula is C13H21NO2. The molecule has 1 fully saturated rings. The van der Waals surface area contributed by atoms with E-state index in [9.17, 15) is 5.11 Å². The van der Waals surface area contributed by atoms with E-state index in [1.54, 1.807) is 0 Å². The summed E-state index contributed by atoms with van der Waals surface area (Å²) in [6.45, 7) is 3.88. The second-order valence-electron chi connectivity index (χ2n) is 4.69. The van der Waals surface area contributed by atoms with Gasteiger partial charge in [-0.3, -0.25) is 0 Å². The molecular weight excluding hydrogens is 202 g/mol. The maximum atomic E-state index is 9.40. The number of hydrogen-bond donors (Lipinski definition) is 2. The Balaban J connectivity index is 1.67. The van der Waals surface area contributed by atoms with Gasteiger partial charge in [-0.05, 0) is 43.9 Å². The summed E-state index contributed by atoms with van der Waals surface area (Å²) in [7, 11) is 0. The average Bonchev–Trinajstić information content (AvgIpc) is 2.88. The largest absolute Gasteiger partial charge is 0.465 e. The minimum atomic E-state index is -0.0675. The van der Waals surface area contributed by atoms with Crippen LogP contribution in [0.5, 0.6) is 0 Å². The van der Waals surface area contributed by atoms with Gasteiger partial charge in [0, 0.05) is 6.42 Å². The topological polar surface area (TPSA) is 45.4 Å². The molecule has 2 atom stereocenters. The van der Waals surface area contributed by atoms with Crippen LogP contribution in [0, 0.1) is 5.92 Å². The lowest BCUT2D eigenvalue weighted by Gasteiger charge is -2.09. The molecule has 0 bridgehead atoms. The molecule has 3 nitrogen and oxygen atoms in total. The van der Waals surface area contributed by atoms with Crippen LogP contribution < -0.4 is 5.32 Å². The standard InChI is InChI=1S/C13H21NO2/c1-2-12-5-6-13(16-12)9-14-8-10-3-4-11(15)7-10/h5-6,10-11,14-15H,2-4,7-9H2,1H3. The summed E-state index contributed by atoms with van der Waals surface area (Å²) in [4.78, 5) is 0. The summed E-state index contributed by atoms with van der Waals surface area (Å²) in [6.07, 6.45) is 3.95. The molecule has 2 rings (SSSR count). The van der Waals surface area contributed by atoms with Crippen LogP contribution in [0.15, 0.2) is 16.5 Å². The molecule has 1 aromatic rings. The van der Waals surface area contributed by atoms with E-state index in [2.05, 4.69) is 12.2 Å². The second kappa shape index (κ2) is 5.51. The van der Waals surface area contributed by atoms with Crippen molar-refractivity contribution >= 4 is 0 Å². The van der Waals surface area contributed by atoms with Crippen molar-refractivity contribution in [2.75, 3.05) is 6.54 Å². The monoisotopic (exact) mass is 223 g/mol. The van der Waals surface area contributed by atoms with Gasteiger partial charge in [-0.15, -0.1) is 0 Å². The number of aliphatic hydroxyl groups excluding tert-OH is 1. The number of aryl methyl sites for hydroxylation is 1. The fraction of sp³-hybridized carbons (Fsp3) is 0.692. The van der Waals surface area contributed by atoms with Gasteiger partial charge in [-0.25, -0.2) is 0 Å². The van der Waals surface area contributed by atoms with Crippen molar-refractivity contribution in [2.45, 2.75) is 45.3 Å². The first-order chi connectivity index (χ1) is 7.78. The molecule has 0 spiro atoms.